The van der Waals surface area contributed by atoms with Crippen molar-refractivity contribution in [1.29, 1.82) is 0 Å². The van der Waals surface area contributed by atoms with Crippen molar-refractivity contribution in [3.05, 3.63) is 18.0 Å². The van der Waals surface area contributed by atoms with Crippen molar-refractivity contribution >= 4 is 11.6 Å². The Morgan fingerprint density at radius 1 is 1.40 bits per heavy atom. The average Bonchev–Trinajstić information content (AvgIpc) is 3.10. The number of aromatic nitrogens is 1. The van der Waals surface area contributed by atoms with Gasteiger partial charge in [0.2, 0.25) is 0 Å². The Kier molecular flexibility index (Phi) is 4.41. The first-order chi connectivity index (χ1) is 9.40. The normalized spacial score (nSPS) is 15.1. The van der Waals surface area contributed by atoms with Gasteiger partial charge < -0.3 is 15.2 Å². The van der Waals surface area contributed by atoms with E-state index in [4.69, 9.17) is 5.73 Å². The van der Waals surface area contributed by atoms with E-state index in [2.05, 4.69) is 27.7 Å². The van der Waals surface area contributed by atoms with Crippen molar-refractivity contribution in [3.8, 4) is 0 Å². The van der Waals surface area contributed by atoms with Crippen LogP contribution in [0.1, 0.15) is 63.5 Å². The Bertz CT molecular complexity index is 472. The highest BCUT2D eigenvalue weighted by Crippen LogP contribution is 2.30. The van der Waals surface area contributed by atoms with Crippen LogP contribution in [0.5, 0.6) is 0 Å². The van der Waals surface area contributed by atoms with Gasteiger partial charge in [-0.15, -0.1) is 0 Å². The highest BCUT2D eigenvalue weighted by Gasteiger charge is 2.34. The zero-order chi connectivity index (χ0) is 14.9. The Balaban J connectivity index is 2.18. The molecule has 2 rings (SSSR count). The molecule has 0 spiro atoms. The fraction of sp³-hybridized carbons (Fsp3) is 0.688. The van der Waals surface area contributed by atoms with E-state index in [9.17, 15) is 4.79 Å². The molecule has 20 heavy (non-hydrogen) atoms. The number of nitrogens with zero attached hydrogens (tertiary/aromatic N) is 2. The summed E-state index contributed by atoms with van der Waals surface area (Å²) in [5.41, 5.74) is 7.28. The molecule has 4 heteroatoms. The number of nitrogen functional groups attached to an aromatic ring is 1. The van der Waals surface area contributed by atoms with Crippen molar-refractivity contribution in [1.82, 2.24) is 9.47 Å². The van der Waals surface area contributed by atoms with Crippen molar-refractivity contribution in [2.45, 2.75) is 59.0 Å². The lowest BCUT2D eigenvalue weighted by molar-refractivity contribution is 0.0723. The van der Waals surface area contributed by atoms with Crippen LogP contribution in [0.2, 0.25) is 0 Å². The number of hydrogen-bond acceptors (Lipinski definition) is 2. The second-order valence-electron chi connectivity index (χ2n) is 6.57. The molecule has 0 aliphatic heterocycles. The minimum Gasteiger partial charge on any atom is -0.397 e. The van der Waals surface area contributed by atoms with E-state index in [0.717, 1.165) is 31.5 Å². The second kappa shape index (κ2) is 5.90. The number of anilines is 1. The van der Waals surface area contributed by atoms with Crippen molar-refractivity contribution < 1.29 is 4.79 Å². The van der Waals surface area contributed by atoms with Gasteiger partial charge >= 0.3 is 0 Å². The smallest absolute Gasteiger partial charge is 0.270 e. The van der Waals surface area contributed by atoms with Crippen LogP contribution in [0, 0.1) is 5.92 Å². The molecule has 1 aliphatic carbocycles. The van der Waals surface area contributed by atoms with E-state index < -0.39 is 0 Å². The minimum atomic E-state index is 0.138. The summed E-state index contributed by atoms with van der Waals surface area (Å²) >= 11 is 0. The van der Waals surface area contributed by atoms with E-state index in [0.29, 0.717) is 17.6 Å². The first kappa shape index (κ1) is 14.9. The van der Waals surface area contributed by atoms with Crippen LogP contribution >= 0.6 is 0 Å². The van der Waals surface area contributed by atoms with E-state index in [1.165, 1.54) is 0 Å². The molecule has 1 aromatic rings. The first-order valence-corrected chi connectivity index (χ1v) is 7.68. The summed E-state index contributed by atoms with van der Waals surface area (Å²) in [6, 6.07) is 2.50. The lowest BCUT2D eigenvalue weighted by Gasteiger charge is -2.24. The van der Waals surface area contributed by atoms with E-state index in [1.807, 2.05) is 21.7 Å². The van der Waals surface area contributed by atoms with Gasteiger partial charge in [-0.3, -0.25) is 4.79 Å². The van der Waals surface area contributed by atoms with Crippen LogP contribution in [0.15, 0.2) is 12.3 Å². The molecule has 4 nitrogen and oxygen atoms in total. The lowest BCUT2D eigenvalue weighted by Crippen LogP contribution is -2.36. The summed E-state index contributed by atoms with van der Waals surface area (Å²) in [6.45, 7) is 9.40. The van der Waals surface area contributed by atoms with Crippen molar-refractivity contribution in [3.63, 3.8) is 0 Å². The molecule has 1 aliphatic rings. The highest BCUT2D eigenvalue weighted by atomic mass is 16.2. The molecule has 0 unspecified atom stereocenters. The fourth-order valence-corrected chi connectivity index (χ4v) is 2.48. The van der Waals surface area contributed by atoms with Gasteiger partial charge in [0.25, 0.3) is 5.91 Å². The summed E-state index contributed by atoms with van der Waals surface area (Å²) < 4.78 is 1.99. The SMILES string of the molecule is CC(C)CCN(C(=O)c1cc(N)cn1C(C)C)C1CC1. The summed E-state index contributed by atoms with van der Waals surface area (Å²) in [4.78, 5) is 14.9. The topological polar surface area (TPSA) is 51.3 Å². The van der Waals surface area contributed by atoms with Gasteiger partial charge in [0.1, 0.15) is 5.69 Å². The van der Waals surface area contributed by atoms with Crippen molar-refractivity contribution in [2.24, 2.45) is 5.92 Å². The molecule has 2 N–H and O–H groups in total. The average molecular weight is 277 g/mol. The van der Waals surface area contributed by atoms with Crippen LogP contribution < -0.4 is 5.73 Å². The predicted octanol–water partition coefficient (Wildman–Crippen LogP) is 3.30. The quantitative estimate of drug-likeness (QED) is 0.867. The van der Waals surface area contributed by atoms with Crippen LogP contribution in [-0.2, 0) is 0 Å². The Morgan fingerprint density at radius 3 is 2.55 bits per heavy atom. The number of rotatable bonds is 6. The second-order valence-corrected chi connectivity index (χ2v) is 6.57. The third-order valence-corrected chi connectivity index (χ3v) is 3.84. The number of nitrogens with two attached hydrogens (primary N) is 1. The van der Waals surface area contributed by atoms with Gasteiger partial charge in [-0.05, 0) is 45.1 Å². The number of carbonyl (C=O) groups excluding carboxylic acids is 1. The molecule has 1 heterocycles. The summed E-state index contributed by atoms with van der Waals surface area (Å²) in [5, 5.41) is 0. The zero-order valence-corrected chi connectivity index (χ0v) is 13.1. The summed E-state index contributed by atoms with van der Waals surface area (Å²) in [5.74, 6) is 0.754. The van der Waals surface area contributed by atoms with Gasteiger partial charge in [0.15, 0.2) is 0 Å². The van der Waals surface area contributed by atoms with Gasteiger partial charge in [-0.25, -0.2) is 0 Å². The maximum Gasteiger partial charge on any atom is 0.270 e. The first-order valence-electron chi connectivity index (χ1n) is 7.68. The number of carbonyl (C=O) groups is 1. The summed E-state index contributed by atoms with van der Waals surface area (Å²) in [6.07, 6.45) is 5.20. The van der Waals surface area contributed by atoms with Crippen LogP contribution in [0.4, 0.5) is 5.69 Å². The third kappa shape index (κ3) is 3.35. The van der Waals surface area contributed by atoms with Crippen LogP contribution in [0.3, 0.4) is 0 Å². The number of amides is 1. The molecule has 0 bridgehead atoms. The Morgan fingerprint density at radius 2 is 2.05 bits per heavy atom. The summed E-state index contributed by atoms with van der Waals surface area (Å²) in [7, 11) is 0. The lowest BCUT2D eigenvalue weighted by atomic mass is 10.1. The molecule has 0 aromatic carbocycles. The zero-order valence-electron chi connectivity index (χ0n) is 13.1. The molecule has 0 radical (unpaired) electrons. The third-order valence-electron chi connectivity index (χ3n) is 3.84. The predicted molar refractivity (Wildman–Crippen MR) is 82.7 cm³/mol. The molecule has 1 amide bonds. The maximum absolute atomic E-state index is 12.8. The van der Waals surface area contributed by atoms with Crippen LogP contribution in [0.25, 0.3) is 0 Å². The molecule has 0 saturated heterocycles. The van der Waals surface area contributed by atoms with Gasteiger partial charge in [-0.2, -0.15) is 0 Å². The molecule has 1 aromatic heterocycles. The van der Waals surface area contributed by atoms with Gasteiger partial charge in [0.05, 0.1) is 5.69 Å². The number of hydrogen-bond donors (Lipinski definition) is 1. The van der Waals surface area contributed by atoms with Crippen molar-refractivity contribution in [2.75, 3.05) is 12.3 Å². The molecule has 112 valence electrons. The monoisotopic (exact) mass is 277 g/mol. The minimum absolute atomic E-state index is 0.138. The van der Waals surface area contributed by atoms with E-state index in [-0.39, 0.29) is 11.9 Å². The van der Waals surface area contributed by atoms with E-state index >= 15 is 0 Å². The molecule has 1 saturated carbocycles. The standard InChI is InChI=1S/C16H27N3O/c1-11(2)7-8-18(14-5-6-14)16(20)15-9-13(17)10-19(15)12(3)4/h9-12,14H,5-8,17H2,1-4H3. The molecule has 0 atom stereocenters. The molecular formula is C16H27N3O. The fourth-order valence-electron chi connectivity index (χ4n) is 2.48. The van der Waals surface area contributed by atoms with E-state index in [1.54, 1.807) is 0 Å². The van der Waals surface area contributed by atoms with Gasteiger partial charge in [-0.1, -0.05) is 13.8 Å². The van der Waals surface area contributed by atoms with Crippen LogP contribution in [-0.4, -0.2) is 28.0 Å². The molecule has 1 fully saturated rings. The molecular weight excluding hydrogens is 250 g/mol. The Labute approximate surface area is 121 Å². The highest BCUT2D eigenvalue weighted by molar-refractivity contribution is 5.94. The maximum atomic E-state index is 12.8. The Hall–Kier alpha value is -1.45. The van der Waals surface area contributed by atoms with Gasteiger partial charge in [0, 0.05) is 24.8 Å². The largest absolute Gasteiger partial charge is 0.397 e.